The molecule has 3 heterocycles. The molecule has 1 saturated carbocycles. The van der Waals surface area contributed by atoms with Crippen LogP contribution in [0.3, 0.4) is 0 Å². The molecule has 0 amide bonds. The smallest absolute Gasteiger partial charge is 0.163 e. The van der Waals surface area contributed by atoms with E-state index in [9.17, 15) is 8.78 Å². The monoisotopic (exact) mass is 463 g/mol. The quantitative estimate of drug-likeness (QED) is 0.538. The van der Waals surface area contributed by atoms with Crippen molar-refractivity contribution >= 4 is 17.2 Å². The summed E-state index contributed by atoms with van der Waals surface area (Å²) in [6.45, 7) is 3.89. The van der Waals surface area contributed by atoms with Gasteiger partial charge in [-0.05, 0) is 63.8 Å². The number of benzene rings is 1. The predicted octanol–water partition coefficient (Wildman–Crippen LogP) is 5.01. The standard InChI is InChI=1S/C26H27F2N5O/c1-14-3-7-21-24(20-8-4-18(27)11-22(20)28)32-25(33-26(21)31-14)16-9-15(2)34-23(10-16)17(12-29)13-30-19-5-6-19/h3-4,7-8,11-13,15-16,19,23H,5-6,9-10,29H2,1-2H3/b17-12+,30-13?/t15-,16-,23-/m0/s1. The van der Waals surface area contributed by atoms with Gasteiger partial charge >= 0.3 is 0 Å². The number of aryl methyl sites for hydroxylation is 1. The third-order valence-corrected chi connectivity index (χ3v) is 6.32. The average Bonchev–Trinajstić information content (AvgIpc) is 3.63. The second-order valence-corrected chi connectivity index (χ2v) is 9.16. The van der Waals surface area contributed by atoms with Crippen molar-refractivity contribution in [2.24, 2.45) is 10.7 Å². The molecule has 5 rings (SSSR count). The van der Waals surface area contributed by atoms with Crippen molar-refractivity contribution in [1.29, 1.82) is 0 Å². The lowest BCUT2D eigenvalue weighted by Crippen LogP contribution is -2.33. The first kappa shape index (κ1) is 22.5. The van der Waals surface area contributed by atoms with Gasteiger partial charge in [0.15, 0.2) is 5.65 Å². The number of aliphatic imine (C=N–C) groups is 1. The molecule has 2 fully saturated rings. The zero-order chi connectivity index (χ0) is 23.8. The summed E-state index contributed by atoms with van der Waals surface area (Å²) in [5.41, 5.74) is 8.66. The second kappa shape index (κ2) is 9.18. The van der Waals surface area contributed by atoms with Crippen LogP contribution in [-0.2, 0) is 4.74 Å². The molecule has 34 heavy (non-hydrogen) atoms. The Labute approximate surface area is 197 Å². The largest absolute Gasteiger partial charge is 0.404 e. The van der Waals surface area contributed by atoms with Crippen LogP contribution in [0.15, 0.2) is 47.1 Å². The minimum atomic E-state index is -0.672. The number of halogens is 2. The number of nitrogens with zero attached hydrogens (tertiary/aromatic N) is 4. The number of rotatable bonds is 5. The van der Waals surface area contributed by atoms with Gasteiger partial charge < -0.3 is 10.5 Å². The fourth-order valence-electron chi connectivity index (χ4n) is 4.41. The summed E-state index contributed by atoms with van der Waals surface area (Å²) in [7, 11) is 0. The highest BCUT2D eigenvalue weighted by Gasteiger charge is 2.33. The number of aromatic nitrogens is 3. The van der Waals surface area contributed by atoms with E-state index in [1.54, 1.807) is 6.20 Å². The van der Waals surface area contributed by atoms with Crippen LogP contribution < -0.4 is 5.73 Å². The van der Waals surface area contributed by atoms with Crippen molar-refractivity contribution in [2.75, 3.05) is 0 Å². The highest BCUT2D eigenvalue weighted by Crippen LogP contribution is 2.37. The number of fused-ring (bicyclic) bond motifs is 1. The summed E-state index contributed by atoms with van der Waals surface area (Å²) >= 11 is 0. The molecule has 3 aromatic rings. The Bertz CT molecular complexity index is 1290. The topological polar surface area (TPSA) is 86.3 Å². The van der Waals surface area contributed by atoms with Crippen LogP contribution in [0.5, 0.6) is 0 Å². The van der Waals surface area contributed by atoms with Crippen LogP contribution in [0.25, 0.3) is 22.3 Å². The van der Waals surface area contributed by atoms with Crippen molar-refractivity contribution in [3.05, 3.63) is 65.3 Å². The van der Waals surface area contributed by atoms with Crippen molar-refractivity contribution in [3.8, 4) is 11.3 Å². The zero-order valence-electron chi connectivity index (χ0n) is 19.2. The number of pyridine rings is 1. The molecular formula is C26H27F2N5O. The van der Waals surface area contributed by atoms with Gasteiger partial charge in [0.2, 0.25) is 0 Å². The Hall–Kier alpha value is -3.26. The summed E-state index contributed by atoms with van der Waals surface area (Å²) in [6.07, 6.45) is 6.63. The van der Waals surface area contributed by atoms with E-state index in [0.29, 0.717) is 41.4 Å². The number of nitrogens with two attached hydrogens (primary N) is 1. The Morgan fingerprint density at radius 3 is 2.68 bits per heavy atom. The maximum Gasteiger partial charge on any atom is 0.163 e. The van der Waals surface area contributed by atoms with Crippen LogP contribution in [0.1, 0.15) is 50.0 Å². The zero-order valence-corrected chi connectivity index (χ0v) is 19.2. The first-order valence-electron chi connectivity index (χ1n) is 11.6. The van der Waals surface area contributed by atoms with Gasteiger partial charge in [0.25, 0.3) is 0 Å². The Morgan fingerprint density at radius 2 is 1.94 bits per heavy atom. The van der Waals surface area contributed by atoms with Crippen LogP contribution in [0.2, 0.25) is 0 Å². The van der Waals surface area contributed by atoms with Gasteiger partial charge in [0, 0.05) is 46.6 Å². The molecule has 6 nitrogen and oxygen atoms in total. The normalized spacial score (nSPS) is 23.6. The van der Waals surface area contributed by atoms with E-state index in [4.69, 9.17) is 20.4 Å². The summed E-state index contributed by atoms with van der Waals surface area (Å²) in [4.78, 5) is 18.7. The summed E-state index contributed by atoms with van der Waals surface area (Å²) in [5, 5.41) is 0.621. The number of hydrogen-bond acceptors (Lipinski definition) is 6. The maximum absolute atomic E-state index is 14.8. The molecule has 0 radical (unpaired) electrons. The van der Waals surface area contributed by atoms with E-state index < -0.39 is 11.6 Å². The van der Waals surface area contributed by atoms with Crippen molar-refractivity contribution in [2.45, 2.75) is 63.7 Å². The predicted molar refractivity (Wildman–Crippen MR) is 128 cm³/mol. The van der Waals surface area contributed by atoms with E-state index in [-0.39, 0.29) is 23.7 Å². The molecule has 176 valence electrons. The second-order valence-electron chi connectivity index (χ2n) is 9.16. The molecule has 1 aliphatic heterocycles. The van der Waals surface area contributed by atoms with Gasteiger partial charge in [-0.2, -0.15) is 0 Å². The van der Waals surface area contributed by atoms with Crippen LogP contribution in [-0.4, -0.2) is 39.4 Å². The van der Waals surface area contributed by atoms with Gasteiger partial charge in [-0.1, -0.05) is 0 Å². The highest BCUT2D eigenvalue weighted by molar-refractivity contribution is 5.90. The summed E-state index contributed by atoms with van der Waals surface area (Å²) < 4.78 is 34.5. The molecule has 2 aliphatic rings. The highest BCUT2D eigenvalue weighted by atomic mass is 19.1. The third-order valence-electron chi connectivity index (χ3n) is 6.32. The SMILES string of the molecule is Cc1ccc2c(-c3ccc(F)cc3F)nc([C@@H]3C[C@@H](/C(C=NC4CC4)=C/N)O[C@@H](C)C3)nc2n1. The number of ether oxygens (including phenoxy) is 1. The molecule has 0 unspecified atom stereocenters. The minimum absolute atomic E-state index is 0.0491. The third kappa shape index (κ3) is 4.68. The van der Waals surface area contributed by atoms with Crippen LogP contribution in [0, 0.1) is 18.6 Å². The van der Waals surface area contributed by atoms with Crippen molar-refractivity contribution in [1.82, 2.24) is 15.0 Å². The lowest BCUT2D eigenvalue weighted by Gasteiger charge is -2.33. The Kier molecular flexibility index (Phi) is 6.08. The Balaban J connectivity index is 1.56. The van der Waals surface area contributed by atoms with Crippen molar-refractivity contribution < 1.29 is 13.5 Å². The molecule has 0 bridgehead atoms. The minimum Gasteiger partial charge on any atom is -0.404 e. The molecule has 2 N–H and O–H groups in total. The molecule has 8 heteroatoms. The molecular weight excluding hydrogens is 436 g/mol. The fourth-order valence-corrected chi connectivity index (χ4v) is 4.41. The van der Waals surface area contributed by atoms with E-state index >= 15 is 0 Å². The Morgan fingerprint density at radius 1 is 1.12 bits per heavy atom. The average molecular weight is 464 g/mol. The summed E-state index contributed by atoms with van der Waals surface area (Å²) in [5.74, 6) is -0.787. The van der Waals surface area contributed by atoms with Crippen LogP contribution in [0.4, 0.5) is 8.78 Å². The maximum atomic E-state index is 14.8. The van der Waals surface area contributed by atoms with Gasteiger partial charge in [0.05, 0.1) is 23.9 Å². The summed E-state index contributed by atoms with van der Waals surface area (Å²) in [6, 6.07) is 7.57. The van der Waals surface area contributed by atoms with Crippen LogP contribution >= 0.6 is 0 Å². The molecule has 3 atom stereocenters. The molecule has 0 spiro atoms. The first-order chi connectivity index (χ1) is 16.4. The molecule has 1 aliphatic carbocycles. The van der Waals surface area contributed by atoms with E-state index in [0.717, 1.165) is 30.2 Å². The first-order valence-corrected chi connectivity index (χ1v) is 11.6. The van der Waals surface area contributed by atoms with Gasteiger partial charge in [-0.15, -0.1) is 0 Å². The van der Waals surface area contributed by atoms with E-state index in [1.807, 2.05) is 32.2 Å². The van der Waals surface area contributed by atoms with E-state index in [1.165, 1.54) is 12.1 Å². The van der Waals surface area contributed by atoms with E-state index in [2.05, 4.69) is 9.98 Å². The van der Waals surface area contributed by atoms with Crippen molar-refractivity contribution in [3.63, 3.8) is 0 Å². The number of hydrogen-bond donors (Lipinski definition) is 1. The molecule has 2 aromatic heterocycles. The van der Waals surface area contributed by atoms with Gasteiger partial charge in [-0.3, -0.25) is 4.99 Å². The van der Waals surface area contributed by atoms with Gasteiger partial charge in [0.1, 0.15) is 17.5 Å². The fraction of sp³-hybridized carbons (Fsp3) is 0.385. The molecule has 1 aromatic carbocycles. The van der Waals surface area contributed by atoms with Gasteiger partial charge in [-0.25, -0.2) is 23.7 Å². The lowest BCUT2D eigenvalue weighted by atomic mass is 9.88. The lowest BCUT2D eigenvalue weighted by molar-refractivity contribution is -0.0272. The molecule has 1 saturated heterocycles.